The molecule has 2 aromatic rings. The number of rotatable bonds is 7. The van der Waals surface area contributed by atoms with E-state index in [1.54, 1.807) is 14.0 Å². The van der Waals surface area contributed by atoms with Crippen LogP contribution in [0.5, 0.6) is 5.75 Å². The number of esters is 1. The summed E-state index contributed by atoms with van der Waals surface area (Å²) < 4.78 is 15.1. The van der Waals surface area contributed by atoms with Crippen molar-refractivity contribution in [3.63, 3.8) is 0 Å². The van der Waals surface area contributed by atoms with E-state index in [0.29, 0.717) is 5.22 Å². The molecule has 0 atom stereocenters. The monoisotopic (exact) mass is 308 g/mol. The zero-order chi connectivity index (χ0) is 15.1. The number of carbonyl (C=O) groups excluding carboxylic acids is 1. The third-order valence-corrected chi connectivity index (χ3v) is 3.45. The molecule has 0 saturated heterocycles. The minimum absolute atomic E-state index is 0.108. The molecule has 0 saturated carbocycles. The van der Waals surface area contributed by atoms with Gasteiger partial charge in [-0.25, -0.2) is 4.79 Å². The second kappa shape index (κ2) is 7.68. The lowest BCUT2D eigenvalue weighted by molar-refractivity contribution is 0.0475. The van der Waals surface area contributed by atoms with Crippen LogP contribution in [0.15, 0.2) is 33.9 Å². The molecule has 1 aromatic carbocycles. The molecule has 0 aliphatic carbocycles. The lowest BCUT2D eigenvalue weighted by atomic mass is 10.2. The van der Waals surface area contributed by atoms with Gasteiger partial charge < -0.3 is 13.9 Å². The molecule has 0 spiro atoms. The van der Waals surface area contributed by atoms with Crippen LogP contribution in [0.25, 0.3) is 0 Å². The van der Waals surface area contributed by atoms with E-state index in [0.717, 1.165) is 17.9 Å². The number of benzene rings is 1. The van der Waals surface area contributed by atoms with Crippen LogP contribution in [0.2, 0.25) is 0 Å². The zero-order valence-electron chi connectivity index (χ0n) is 11.9. The van der Waals surface area contributed by atoms with E-state index in [4.69, 9.17) is 13.9 Å². The third kappa shape index (κ3) is 4.49. The fraction of sp³-hybridized carbons (Fsp3) is 0.357. The van der Waals surface area contributed by atoms with Crippen molar-refractivity contribution in [2.24, 2.45) is 0 Å². The molecule has 2 rings (SSSR count). The Morgan fingerprint density at radius 1 is 1.29 bits per heavy atom. The van der Waals surface area contributed by atoms with Crippen LogP contribution in [0.4, 0.5) is 0 Å². The highest BCUT2D eigenvalue weighted by molar-refractivity contribution is 7.99. The molecule has 6 nitrogen and oxygen atoms in total. The van der Waals surface area contributed by atoms with Crippen molar-refractivity contribution in [2.45, 2.75) is 18.6 Å². The molecule has 0 bridgehead atoms. The average Bonchev–Trinajstić information content (AvgIpc) is 2.97. The van der Waals surface area contributed by atoms with Gasteiger partial charge in [-0.1, -0.05) is 29.0 Å². The van der Waals surface area contributed by atoms with E-state index in [1.165, 1.54) is 17.3 Å². The van der Waals surface area contributed by atoms with Crippen molar-refractivity contribution < 1.29 is 18.7 Å². The third-order valence-electron chi connectivity index (χ3n) is 2.63. The fourth-order valence-electron chi connectivity index (χ4n) is 1.59. The molecule has 0 amide bonds. The Balaban J connectivity index is 1.81. The smallest absolute Gasteiger partial charge is 0.396 e. The van der Waals surface area contributed by atoms with Crippen LogP contribution in [0.3, 0.4) is 0 Å². The zero-order valence-corrected chi connectivity index (χ0v) is 12.7. The SMILES string of the molecule is CCOC(=O)c1nnc(SCCc2ccc(OC)cc2)o1. The molecule has 0 radical (unpaired) electrons. The van der Waals surface area contributed by atoms with E-state index in [1.807, 2.05) is 24.3 Å². The number of hydrogen-bond acceptors (Lipinski definition) is 7. The van der Waals surface area contributed by atoms with Crippen LogP contribution >= 0.6 is 11.8 Å². The van der Waals surface area contributed by atoms with Gasteiger partial charge in [-0.15, -0.1) is 5.10 Å². The number of methoxy groups -OCH3 is 1. The number of thioether (sulfide) groups is 1. The number of carbonyl (C=O) groups is 1. The lowest BCUT2D eigenvalue weighted by Crippen LogP contribution is -2.04. The van der Waals surface area contributed by atoms with E-state index in [-0.39, 0.29) is 12.5 Å². The van der Waals surface area contributed by atoms with Crippen molar-refractivity contribution in [3.8, 4) is 5.75 Å². The van der Waals surface area contributed by atoms with E-state index >= 15 is 0 Å². The van der Waals surface area contributed by atoms with Gasteiger partial charge in [0, 0.05) is 5.75 Å². The summed E-state index contributed by atoms with van der Waals surface area (Å²) in [5.74, 6) is 0.912. The topological polar surface area (TPSA) is 74.5 Å². The Morgan fingerprint density at radius 2 is 2.05 bits per heavy atom. The summed E-state index contributed by atoms with van der Waals surface area (Å²) in [7, 11) is 1.64. The van der Waals surface area contributed by atoms with Gasteiger partial charge >= 0.3 is 11.9 Å². The van der Waals surface area contributed by atoms with Crippen molar-refractivity contribution in [3.05, 3.63) is 35.7 Å². The normalized spacial score (nSPS) is 10.4. The van der Waals surface area contributed by atoms with Crippen LogP contribution in [0.1, 0.15) is 23.2 Å². The summed E-state index contributed by atoms with van der Waals surface area (Å²) in [4.78, 5) is 11.4. The first-order valence-corrected chi connectivity index (χ1v) is 7.48. The van der Waals surface area contributed by atoms with Crippen LogP contribution in [-0.4, -0.2) is 35.6 Å². The van der Waals surface area contributed by atoms with E-state index in [9.17, 15) is 4.79 Å². The summed E-state index contributed by atoms with van der Waals surface area (Å²) in [5.41, 5.74) is 1.19. The van der Waals surface area contributed by atoms with Gasteiger partial charge in [0.15, 0.2) is 0 Å². The molecule has 0 fully saturated rings. The van der Waals surface area contributed by atoms with E-state index in [2.05, 4.69) is 10.2 Å². The Labute approximate surface area is 126 Å². The van der Waals surface area contributed by atoms with Gasteiger partial charge in [-0.3, -0.25) is 0 Å². The molecule has 0 N–H and O–H groups in total. The summed E-state index contributed by atoms with van der Waals surface area (Å²) in [6.07, 6.45) is 0.853. The molecular formula is C14H16N2O4S. The number of ether oxygens (including phenoxy) is 2. The Morgan fingerprint density at radius 3 is 2.71 bits per heavy atom. The molecule has 1 aromatic heterocycles. The van der Waals surface area contributed by atoms with Gasteiger partial charge in [-0.05, 0) is 31.0 Å². The number of aryl methyl sites for hydroxylation is 1. The van der Waals surface area contributed by atoms with E-state index < -0.39 is 5.97 Å². The maximum Gasteiger partial charge on any atom is 0.396 e. The standard InChI is InChI=1S/C14H16N2O4S/c1-3-19-13(17)12-15-16-14(20-12)21-9-8-10-4-6-11(18-2)7-5-10/h4-7H,3,8-9H2,1-2H3. The van der Waals surface area contributed by atoms with Crippen LogP contribution in [-0.2, 0) is 11.2 Å². The van der Waals surface area contributed by atoms with Crippen molar-refractivity contribution >= 4 is 17.7 Å². The second-order valence-electron chi connectivity index (χ2n) is 4.04. The van der Waals surface area contributed by atoms with Gasteiger partial charge in [0.1, 0.15) is 5.75 Å². The highest BCUT2D eigenvalue weighted by Gasteiger charge is 2.15. The average molecular weight is 308 g/mol. The number of hydrogen-bond donors (Lipinski definition) is 0. The molecule has 0 aliphatic rings. The summed E-state index contributed by atoms with van der Waals surface area (Å²) >= 11 is 1.40. The second-order valence-corrected chi connectivity index (χ2v) is 5.09. The Hall–Kier alpha value is -2.02. The molecule has 0 aliphatic heterocycles. The van der Waals surface area contributed by atoms with Crippen molar-refractivity contribution in [1.29, 1.82) is 0 Å². The summed E-state index contributed by atoms with van der Waals surface area (Å²) in [6, 6.07) is 7.87. The highest BCUT2D eigenvalue weighted by atomic mass is 32.2. The first-order chi connectivity index (χ1) is 10.2. The minimum atomic E-state index is -0.591. The Bertz CT molecular complexity index is 583. The van der Waals surface area contributed by atoms with Gasteiger partial charge in [0.25, 0.3) is 5.22 Å². The first-order valence-electron chi connectivity index (χ1n) is 6.49. The maximum absolute atomic E-state index is 11.4. The molecule has 21 heavy (non-hydrogen) atoms. The molecule has 7 heteroatoms. The van der Waals surface area contributed by atoms with Crippen molar-refractivity contribution in [1.82, 2.24) is 10.2 Å². The molecular weight excluding hydrogens is 292 g/mol. The lowest BCUT2D eigenvalue weighted by Gasteiger charge is -2.02. The quantitative estimate of drug-likeness (QED) is 0.575. The minimum Gasteiger partial charge on any atom is -0.497 e. The largest absolute Gasteiger partial charge is 0.497 e. The predicted molar refractivity (Wildman–Crippen MR) is 77.7 cm³/mol. The summed E-state index contributed by atoms with van der Waals surface area (Å²) in [6.45, 7) is 2.00. The maximum atomic E-state index is 11.4. The molecule has 112 valence electrons. The first kappa shape index (κ1) is 15.4. The van der Waals surface area contributed by atoms with Crippen LogP contribution < -0.4 is 4.74 Å². The van der Waals surface area contributed by atoms with Gasteiger partial charge in [0.05, 0.1) is 13.7 Å². The van der Waals surface area contributed by atoms with Gasteiger partial charge in [-0.2, -0.15) is 0 Å². The molecule has 0 unspecified atom stereocenters. The predicted octanol–water partition coefficient (Wildman–Crippen LogP) is 2.59. The van der Waals surface area contributed by atoms with Gasteiger partial charge in [0.2, 0.25) is 0 Å². The van der Waals surface area contributed by atoms with Crippen LogP contribution in [0, 0.1) is 0 Å². The number of aromatic nitrogens is 2. The van der Waals surface area contributed by atoms with Crippen molar-refractivity contribution in [2.75, 3.05) is 19.5 Å². The highest BCUT2D eigenvalue weighted by Crippen LogP contribution is 2.19. The number of nitrogens with zero attached hydrogens (tertiary/aromatic N) is 2. The molecule has 1 heterocycles. The fourth-order valence-corrected chi connectivity index (χ4v) is 2.34. The Kier molecular flexibility index (Phi) is 5.62. The summed E-state index contributed by atoms with van der Waals surface area (Å²) in [5, 5.41) is 7.83.